The van der Waals surface area contributed by atoms with Gasteiger partial charge in [0.15, 0.2) is 5.60 Å². The average Bonchev–Trinajstić information content (AvgIpc) is 2.01. The number of esters is 1. The smallest absolute Gasteiger partial charge is 0.417 e. The molecule has 0 radical (unpaired) electrons. The van der Waals surface area contributed by atoms with Crippen LogP contribution in [-0.2, 0) is 9.53 Å². The van der Waals surface area contributed by atoms with Crippen molar-refractivity contribution in [1.82, 2.24) is 0 Å². The van der Waals surface area contributed by atoms with Gasteiger partial charge in [0.2, 0.25) is 0 Å². The van der Waals surface area contributed by atoms with Gasteiger partial charge in [-0.25, -0.2) is 4.79 Å². The average molecular weight is 227 g/mol. The zero-order valence-electron chi connectivity index (χ0n) is 8.31. The van der Waals surface area contributed by atoms with Gasteiger partial charge in [0.25, 0.3) is 0 Å². The Morgan fingerprint density at radius 2 is 1.93 bits per heavy atom. The standard InChI is InChI=1S/C8H12F3NO3/c1-3-15-6(13)5(12)4-7(2,14)8(9,10)11/h12,14H,3-4H2,1-2H3. The van der Waals surface area contributed by atoms with Gasteiger partial charge in [-0.2, -0.15) is 13.2 Å². The Kier molecular flexibility index (Phi) is 4.27. The van der Waals surface area contributed by atoms with Crippen molar-refractivity contribution in [3.63, 3.8) is 0 Å². The monoisotopic (exact) mass is 227 g/mol. The van der Waals surface area contributed by atoms with E-state index in [2.05, 4.69) is 4.74 Å². The highest BCUT2D eigenvalue weighted by Gasteiger charge is 2.50. The van der Waals surface area contributed by atoms with Crippen molar-refractivity contribution < 1.29 is 27.8 Å². The van der Waals surface area contributed by atoms with E-state index in [4.69, 9.17) is 10.5 Å². The number of halogens is 3. The van der Waals surface area contributed by atoms with E-state index in [1.165, 1.54) is 6.92 Å². The number of carbonyl (C=O) groups is 1. The summed E-state index contributed by atoms with van der Waals surface area (Å²) >= 11 is 0. The lowest BCUT2D eigenvalue weighted by atomic mass is 9.98. The van der Waals surface area contributed by atoms with E-state index in [1.54, 1.807) is 0 Å². The highest BCUT2D eigenvalue weighted by Crippen LogP contribution is 2.32. The third-order valence-electron chi connectivity index (χ3n) is 1.65. The Morgan fingerprint density at radius 1 is 1.47 bits per heavy atom. The van der Waals surface area contributed by atoms with E-state index in [1.807, 2.05) is 0 Å². The van der Waals surface area contributed by atoms with E-state index < -0.39 is 29.9 Å². The van der Waals surface area contributed by atoms with Crippen molar-refractivity contribution in [2.75, 3.05) is 6.61 Å². The Hall–Kier alpha value is -1.11. The van der Waals surface area contributed by atoms with Crippen LogP contribution in [0.2, 0.25) is 0 Å². The summed E-state index contributed by atoms with van der Waals surface area (Å²) in [6, 6.07) is 0. The molecule has 0 rings (SSSR count). The zero-order chi connectivity index (χ0) is 12.3. The molecule has 15 heavy (non-hydrogen) atoms. The molecule has 0 bridgehead atoms. The second kappa shape index (κ2) is 4.61. The molecule has 0 aliphatic rings. The minimum atomic E-state index is -4.88. The SMILES string of the molecule is CCOC(=O)C(=N)CC(C)(O)C(F)(F)F. The van der Waals surface area contributed by atoms with Crippen LogP contribution >= 0.6 is 0 Å². The van der Waals surface area contributed by atoms with Gasteiger partial charge < -0.3 is 9.84 Å². The topological polar surface area (TPSA) is 70.4 Å². The van der Waals surface area contributed by atoms with Crippen LogP contribution in [0.1, 0.15) is 20.3 Å². The van der Waals surface area contributed by atoms with Crippen LogP contribution in [0.15, 0.2) is 0 Å². The molecule has 0 heterocycles. The summed E-state index contributed by atoms with van der Waals surface area (Å²) < 4.78 is 40.8. The molecule has 4 nitrogen and oxygen atoms in total. The highest BCUT2D eigenvalue weighted by molar-refractivity contribution is 6.35. The van der Waals surface area contributed by atoms with Crippen LogP contribution < -0.4 is 0 Å². The van der Waals surface area contributed by atoms with E-state index in [-0.39, 0.29) is 6.61 Å². The van der Waals surface area contributed by atoms with Crippen molar-refractivity contribution in [2.45, 2.75) is 32.0 Å². The van der Waals surface area contributed by atoms with E-state index in [9.17, 15) is 18.0 Å². The summed E-state index contributed by atoms with van der Waals surface area (Å²) in [5.41, 5.74) is -3.99. The fraction of sp³-hybridized carbons (Fsp3) is 0.750. The summed E-state index contributed by atoms with van der Waals surface area (Å²) in [5.74, 6) is -1.15. The molecule has 0 fully saturated rings. The molecule has 1 unspecified atom stereocenters. The van der Waals surface area contributed by atoms with E-state index in [0.717, 1.165) is 0 Å². The molecule has 0 aromatic carbocycles. The minimum Gasteiger partial charge on any atom is -0.462 e. The highest BCUT2D eigenvalue weighted by atomic mass is 19.4. The first kappa shape index (κ1) is 13.9. The Bertz CT molecular complexity index is 260. The number of hydrogen-bond donors (Lipinski definition) is 2. The summed E-state index contributed by atoms with van der Waals surface area (Å²) in [6.07, 6.45) is -6.00. The van der Waals surface area contributed by atoms with Crippen LogP contribution in [0.3, 0.4) is 0 Å². The summed E-state index contributed by atoms with van der Waals surface area (Å²) in [4.78, 5) is 10.8. The molecule has 0 aliphatic carbocycles. The number of aliphatic hydroxyl groups is 1. The summed E-state index contributed by atoms with van der Waals surface area (Å²) in [7, 11) is 0. The maximum Gasteiger partial charge on any atom is 0.417 e. The van der Waals surface area contributed by atoms with Crippen molar-refractivity contribution in [2.24, 2.45) is 0 Å². The molecule has 7 heteroatoms. The summed E-state index contributed by atoms with van der Waals surface area (Å²) in [6.45, 7) is 1.93. The van der Waals surface area contributed by atoms with Gasteiger partial charge in [0.1, 0.15) is 5.71 Å². The lowest BCUT2D eigenvalue weighted by Crippen LogP contribution is -2.45. The molecular weight excluding hydrogens is 215 g/mol. The lowest BCUT2D eigenvalue weighted by molar-refractivity contribution is -0.249. The van der Waals surface area contributed by atoms with Gasteiger partial charge in [-0.05, 0) is 13.8 Å². The van der Waals surface area contributed by atoms with Gasteiger partial charge in [0, 0.05) is 6.42 Å². The van der Waals surface area contributed by atoms with Crippen LogP contribution in [0.5, 0.6) is 0 Å². The molecule has 0 spiro atoms. The first-order chi connectivity index (χ1) is 6.62. The molecule has 2 N–H and O–H groups in total. The Balaban J connectivity index is 4.48. The predicted molar refractivity (Wildman–Crippen MR) is 45.7 cm³/mol. The molecule has 0 aliphatic heterocycles. The number of rotatable bonds is 4. The zero-order valence-corrected chi connectivity index (χ0v) is 8.31. The third-order valence-corrected chi connectivity index (χ3v) is 1.65. The molecule has 88 valence electrons. The molecule has 0 aromatic heterocycles. The van der Waals surface area contributed by atoms with Gasteiger partial charge >= 0.3 is 12.1 Å². The van der Waals surface area contributed by atoms with Gasteiger partial charge in [-0.15, -0.1) is 0 Å². The molecule has 0 amide bonds. The molecule has 0 saturated heterocycles. The lowest BCUT2D eigenvalue weighted by Gasteiger charge is -2.25. The van der Waals surface area contributed by atoms with Crippen LogP contribution in [-0.4, -0.2) is 35.2 Å². The van der Waals surface area contributed by atoms with E-state index in [0.29, 0.717) is 6.92 Å². The van der Waals surface area contributed by atoms with Crippen LogP contribution in [0.4, 0.5) is 13.2 Å². The Morgan fingerprint density at radius 3 is 2.27 bits per heavy atom. The number of carbonyl (C=O) groups excluding carboxylic acids is 1. The fourth-order valence-corrected chi connectivity index (χ4v) is 0.735. The second-order valence-corrected chi connectivity index (χ2v) is 3.15. The number of alkyl halides is 3. The predicted octanol–water partition coefficient (Wildman–Crippen LogP) is 1.27. The molecule has 0 aromatic rings. The second-order valence-electron chi connectivity index (χ2n) is 3.15. The fourth-order valence-electron chi connectivity index (χ4n) is 0.735. The quantitative estimate of drug-likeness (QED) is 0.561. The van der Waals surface area contributed by atoms with Crippen LogP contribution in [0.25, 0.3) is 0 Å². The van der Waals surface area contributed by atoms with Crippen LogP contribution in [0, 0.1) is 5.41 Å². The van der Waals surface area contributed by atoms with E-state index >= 15 is 0 Å². The largest absolute Gasteiger partial charge is 0.462 e. The maximum atomic E-state index is 12.1. The molecular formula is C8H12F3NO3. The number of nitrogens with one attached hydrogen (secondary N) is 1. The van der Waals surface area contributed by atoms with Gasteiger partial charge in [-0.1, -0.05) is 0 Å². The Labute approximate surface area is 84.5 Å². The normalized spacial score (nSPS) is 15.6. The van der Waals surface area contributed by atoms with Crippen molar-refractivity contribution in [3.05, 3.63) is 0 Å². The van der Waals surface area contributed by atoms with Crippen molar-refractivity contribution in [3.8, 4) is 0 Å². The maximum absolute atomic E-state index is 12.1. The van der Waals surface area contributed by atoms with Crippen molar-refractivity contribution >= 4 is 11.7 Å². The molecule has 0 saturated carbocycles. The number of hydrogen-bond acceptors (Lipinski definition) is 4. The minimum absolute atomic E-state index is 0.0324. The van der Waals surface area contributed by atoms with Gasteiger partial charge in [0.05, 0.1) is 6.61 Å². The first-order valence-corrected chi connectivity index (χ1v) is 4.15. The van der Waals surface area contributed by atoms with Gasteiger partial charge in [-0.3, -0.25) is 5.41 Å². The first-order valence-electron chi connectivity index (χ1n) is 4.15. The summed E-state index contributed by atoms with van der Waals surface area (Å²) in [5, 5.41) is 16.0. The molecule has 1 atom stereocenters. The number of ether oxygens (including phenoxy) is 1. The van der Waals surface area contributed by atoms with Crippen molar-refractivity contribution in [1.29, 1.82) is 5.41 Å². The third kappa shape index (κ3) is 3.86.